The molecule has 7 heteroatoms. The number of hydrogen-bond acceptors (Lipinski definition) is 3. The van der Waals surface area contributed by atoms with Crippen LogP contribution < -0.4 is 0 Å². The minimum absolute atomic E-state index is 0.155. The summed E-state index contributed by atoms with van der Waals surface area (Å²) in [5.41, 5.74) is 1.36. The fourth-order valence-electron chi connectivity index (χ4n) is 2.35. The van der Waals surface area contributed by atoms with Crippen LogP contribution in [0.3, 0.4) is 0 Å². The monoisotopic (exact) mass is 297 g/mol. The van der Waals surface area contributed by atoms with Crippen molar-refractivity contribution in [3.8, 4) is 22.8 Å². The lowest BCUT2D eigenvalue weighted by Crippen LogP contribution is -1.95. The van der Waals surface area contributed by atoms with E-state index in [1.807, 2.05) is 0 Å². The van der Waals surface area contributed by atoms with Crippen molar-refractivity contribution in [1.29, 1.82) is 0 Å². The van der Waals surface area contributed by atoms with Gasteiger partial charge in [-0.05, 0) is 12.1 Å². The third kappa shape index (κ3) is 1.86. The third-order valence-electron chi connectivity index (χ3n) is 3.36. The van der Waals surface area contributed by atoms with Gasteiger partial charge in [0.05, 0.1) is 23.0 Å². The molecule has 0 aliphatic rings. The molecule has 3 heterocycles. The van der Waals surface area contributed by atoms with Crippen molar-refractivity contribution in [2.45, 2.75) is 0 Å². The van der Waals surface area contributed by atoms with Gasteiger partial charge in [-0.1, -0.05) is 6.07 Å². The van der Waals surface area contributed by atoms with E-state index in [1.165, 1.54) is 30.6 Å². The summed E-state index contributed by atoms with van der Waals surface area (Å²) in [4.78, 5) is 15.5. The highest BCUT2D eigenvalue weighted by molar-refractivity contribution is 5.73. The molecule has 0 fully saturated rings. The molecule has 0 radical (unpaired) electrons. The van der Waals surface area contributed by atoms with Crippen LogP contribution in [0.25, 0.3) is 28.3 Å². The fourth-order valence-corrected chi connectivity index (χ4v) is 2.35. The van der Waals surface area contributed by atoms with Gasteiger partial charge in [0, 0.05) is 18.6 Å². The minimum atomic E-state index is -0.654. The van der Waals surface area contributed by atoms with Crippen LogP contribution in [0.5, 0.6) is 0 Å². The lowest BCUT2D eigenvalue weighted by Gasteiger charge is -2.05. The summed E-state index contributed by atoms with van der Waals surface area (Å²) in [6.07, 6.45) is 7.92. The SMILES string of the molecule is Fc1cccc(F)c1-c1cn2cnc(-c3ncc[nH]3)c2cn1. The molecule has 22 heavy (non-hydrogen) atoms. The number of hydrogen-bond donors (Lipinski definition) is 1. The number of aromatic amines is 1. The maximum Gasteiger partial charge on any atom is 0.158 e. The van der Waals surface area contributed by atoms with Gasteiger partial charge in [-0.25, -0.2) is 18.7 Å². The molecule has 0 unspecified atom stereocenters. The van der Waals surface area contributed by atoms with Gasteiger partial charge in [0.2, 0.25) is 0 Å². The smallest absolute Gasteiger partial charge is 0.158 e. The van der Waals surface area contributed by atoms with E-state index in [2.05, 4.69) is 19.9 Å². The molecule has 0 bridgehead atoms. The Bertz CT molecular complexity index is 939. The topological polar surface area (TPSA) is 58.9 Å². The molecule has 108 valence electrons. The first-order valence-corrected chi connectivity index (χ1v) is 6.51. The Labute approximate surface area is 123 Å². The lowest BCUT2D eigenvalue weighted by molar-refractivity contribution is 0.588. The predicted octanol–water partition coefficient (Wildman–Crippen LogP) is 3.06. The van der Waals surface area contributed by atoms with Crippen molar-refractivity contribution in [2.75, 3.05) is 0 Å². The lowest BCUT2D eigenvalue weighted by atomic mass is 10.1. The molecule has 0 atom stereocenters. The van der Waals surface area contributed by atoms with E-state index in [1.54, 1.807) is 23.1 Å². The van der Waals surface area contributed by atoms with Gasteiger partial charge in [0.25, 0.3) is 0 Å². The number of H-pyrrole nitrogens is 1. The first-order valence-electron chi connectivity index (χ1n) is 6.51. The van der Waals surface area contributed by atoms with Crippen molar-refractivity contribution in [3.05, 3.63) is 60.9 Å². The maximum atomic E-state index is 13.8. The van der Waals surface area contributed by atoms with E-state index in [-0.39, 0.29) is 11.3 Å². The molecule has 4 aromatic rings. The predicted molar refractivity (Wildman–Crippen MR) is 75.9 cm³/mol. The van der Waals surface area contributed by atoms with Crippen LogP contribution in [0.4, 0.5) is 8.78 Å². The van der Waals surface area contributed by atoms with Gasteiger partial charge in [-0.2, -0.15) is 0 Å². The van der Waals surface area contributed by atoms with Crippen LogP contribution in [0.15, 0.2) is 49.3 Å². The number of nitrogens with zero attached hydrogens (tertiary/aromatic N) is 4. The number of imidazole rings is 2. The molecule has 0 aliphatic carbocycles. The first-order chi connectivity index (χ1) is 10.7. The highest BCUT2D eigenvalue weighted by Gasteiger charge is 2.15. The molecule has 1 N–H and O–H groups in total. The summed E-state index contributed by atoms with van der Waals surface area (Å²) in [5.74, 6) is -0.703. The molecule has 0 amide bonds. The first kappa shape index (κ1) is 12.6. The molecule has 0 spiro atoms. The standard InChI is InChI=1S/C15H9F2N5/c16-9-2-1-3-10(17)13(9)11-7-22-8-21-14(12(22)6-20-11)15-18-4-5-19-15/h1-8H,(H,18,19). The normalized spacial score (nSPS) is 11.2. The van der Waals surface area contributed by atoms with Crippen LogP contribution in [-0.2, 0) is 0 Å². The van der Waals surface area contributed by atoms with Crippen molar-refractivity contribution in [1.82, 2.24) is 24.3 Å². The molecule has 3 aromatic heterocycles. The number of nitrogens with one attached hydrogen (secondary N) is 1. The Morgan fingerprint density at radius 2 is 1.86 bits per heavy atom. The van der Waals surface area contributed by atoms with Gasteiger partial charge < -0.3 is 9.38 Å². The van der Waals surface area contributed by atoms with Crippen molar-refractivity contribution in [2.24, 2.45) is 0 Å². The second-order valence-corrected chi connectivity index (χ2v) is 4.69. The molecule has 4 rings (SSSR count). The van der Waals surface area contributed by atoms with E-state index >= 15 is 0 Å². The van der Waals surface area contributed by atoms with Crippen LogP contribution in [0.2, 0.25) is 0 Å². The molecule has 1 aromatic carbocycles. The molecular formula is C15H9F2N5. The number of rotatable bonds is 2. The van der Waals surface area contributed by atoms with E-state index in [4.69, 9.17) is 0 Å². The third-order valence-corrected chi connectivity index (χ3v) is 3.36. The summed E-state index contributed by atoms with van der Waals surface area (Å²) in [6.45, 7) is 0. The summed E-state index contributed by atoms with van der Waals surface area (Å²) < 4.78 is 29.3. The highest BCUT2D eigenvalue weighted by atomic mass is 19.1. The van der Waals surface area contributed by atoms with Gasteiger partial charge in [-0.3, -0.25) is 4.98 Å². The summed E-state index contributed by atoms with van der Waals surface area (Å²) in [5, 5.41) is 0. The van der Waals surface area contributed by atoms with E-state index in [0.717, 1.165) is 0 Å². The second kappa shape index (κ2) is 4.73. The minimum Gasteiger partial charge on any atom is -0.343 e. The Morgan fingerprint density at radius 1 is 1.05 bits per heavy atom. The van der Waals surface area contributed by atoms with Crippen molar-refractivity contribution in [3.63, 3.8) is 0 Å². The van der Waals surface area contributed by atoms with Crippen LogP contribution in [0, 0.1) is 11.6 Å². The number of halogens is 2. The zero-order valence-electron chi connectivity index (χ0n) is 11.2. The molecular weight excluding hydrogens is 288 g/mol. The highest BCUT2D eigenvalue weighted by Crippen LogP contribution is 2.26. The maximum absolute atomic E-state index is 13.8. The van der Waals surface area contributed by atoms with Gasteiger partial charge in [-0.15, -0.1) is 0 Å². The average Bonchev–Trinajstić information content (AvgIpc) is 3.15. The van der Waals surface area contributed by atoms with E-state index in [9.17, 15) is 8.78 Å². The van der Waals surface area contributed by atoms with E-state index in [0.29, 0.717) is 17.0 Å². The second-order valence-electron chi connectivity index (χ2n) is 4.69. The summed E-state index contributed by atoms with van der Waals surface area (Å²) in [7, 11) is 0. The Hall–Kier alpha value is -3.09. The van der Waals surface area contributed by atoms with E-state index < -0.39 is 11.6 Å². The summed E-state index contributed by atoms with van der Waals surface area (Å²) in [6, 6.07) is 3.72. The Kier molecular flexibility index (Phi) is 2.72. The zero-order valence-corrected chi connectivity index (χ0v) is 11.2. The van der Waals surface area contributed by atoms with Crippen molar-refractivity contribution >= 4 is 5.52 Å². The number of aromatic nitrogens is 5. The average molecular weight is 297 g/mol. The number of fused-ring (bicyclic) bond motifs is 1. The largest absolute Gasteiger partial charge is 0.343 e. The van der Waals surface area contributed by atoms with Crippen LogP contribution >= 0.6 is 0 Å². The summed E-state index contributed by atoms with van der Waals surface area (Å²) >= 11 is 0. The van der Waals surface area contributed by atoms with Gasteiger partial charge in [0.1, 0.15) is 23.7 Å². The zero-order chi connectivity index (χ0) is 15.1. The quantitative estimate of drug-likeness (QED) is 0.618. The van der Waals surface area contributed by atoms with Crippen LogP contribution in [0.1, 0.15) is 0 Å². The fraction of sp³-hybridized carbons (Fsp3) is 0. The Morgan fingerprint density at radius 3 is 2.59 bits per heavy atom. The van der Waals surface area contributed by atoms with Gasteiger partial charge >= 0.3 is 0 Å². The molecule has 0 aliphatic heterocycles. The molecule has 5 nitrogen and oxygen atoms in total. The molecule has 0 saturated carbocycles. The molecule has 0 saturated heterocycles. The van der Waals surface area contributed by atoms with Gasteiger partial charge in [0.15, 0.2) is 5.82 Å². The van der Waals surface area contributed by atoms with Crippen molar-refractivity contribution < 1.29 is 8.78 Å². The van der Waals surface area contributed by atoms with Crippen LogP contribution in [-0.4, -0.2) is 24.3 Å². The Balaban J connectivity index is 1.90. The number of benzene rings is 1.